The summed E-state index contributed by atoms with van der Waals surface area (Å²) in [4.78, 5) is 0. The Hall–Kier alpha value is -1.56. The maximum atomic E-state index is 10.2. The maximum absolute atomic E-state index is 10.2. The Kier molecular flexibility index (Phi) is 5.13. The van der Waals surface area contributed by atoms with Crippen molar-refractivity contribution in [3.05, 3.63) is 57.3 Å². The topological polar surface area (TPSA) is 47.3 Å². The standard InChI is InChI=1S/C18H18BrClN2O2/c1-11-18(20)12(2)22(21-11)9-16(23)10-24-17-6-4-13-7-15(19)5-3-14(13)8-17/h3-8,16,23H,9-10H2,1-2H3/t16-/m1/s1. The molecule has 0 aliphatic heterocycles. The summed E-state index contributed by atoms with van der Waals surface area (Å²) in [6.45, 7) is 4.28. The van der Waals surface area contributed by atoms with Gasteiger partial charge in [-0.3, -0.25) is 4.68 Å². The van der Waals surface area contributed by atoms with Crippen molar-refractivity contribution in [3.8, 4) is 5.75 Å². The van der Waals surface area contributed by atoms with E-state index < -0.39 is 6.10 Å². The lowest BCUT2D eigenvalue weighted by Gasteiger charge is -2.14. The predicted octanol–water partition coefficient (Wildman–Crippen LogP) is 4.51. The highest BCUT2D eigenvalue weighted by molar-refractivity contribution is 9.10. The second kappa shape index (κ2) is 7.13. The zero-order valence-electron chi connectivity index (χ0n) is 13.5. The first-order valence-corrected chi connectivity index (χ1v) is 8.81. The average molecular weight is 410 g/mol. The zero-order valence-corrected chi connectivity index (χ0v) is 15.8. The van der Waals surface area contributed by atoms with Crippen LogP contribution in [0, 0.1) is 13.8 Å². The molecular weight excluding hydrogens is 392 g/mol. The van der Waals surface area contributed by atoms with E-state index in [0.29, 0.717) is 11.6 Å². The van der Waals surface area contributed by atoms with Gasteiger partial charge in [-0.05, 0) is 48.9 Å². The molecule has 24 heavy (non-hydrogen) atoms. The summed E-state index contributed by atoms with van der Waals surface area (Å²) in [6.07, 6.45) is -0.667. The highest BCUT2D eigenvalue weighted by Gasteiger charge is 2.13. The van der Waals surface area contributed by atoms with Crippen LogP contribution in [0.25, 0.3) is 10.8 Å². The lowest BCUT2D eigenvalue weighted by Crippen LogP contribution is -2.24. The molecule has 0 unspecified atom stereocenters. The molecule has 0 saturated carbocycles. The van der Waals surface area contributed by atoms with E-state index in [-0.39, 0.29) is 6.61 Å². The monoisotopic (exact) mass is 408 g/mol. The van der Waals surface area contributed by atoms with Crippen LogP contribution in [0.5, 0.6) is 5.75 Å². The highest BCUT2D eigenvalue weighted by Crippen LogP contribution is 2.24. The molecule has 0 bridgehead atoms. The number of nitrogens with zero attached hydrogens (tertiary/aromatic N) is 2. The zero-order chi connectivity index (χ0) is 17.3. The van der Waals surface area contributed by atoms with E-state index in [2.05, 4.69) is 27.1 Å². The van der Waals surface area contributed by atoms with Gasteiger partial charge in [0.15, 0.2) is 0 Å². The molecule has 6 heteroatoms. The summed E-state index contributed by atoms with van der Waals surface area (Å²) in [5.41, 5.74) is 1.62. The molecule has 2 aromatic carbocycles. The number of aryl methyl sites for hydroxylation is 1. The normalized spacial score (nSPS) is 12.5. The number of halogens is 2. The molecule has 0 radical (unpaired) electrons. The first-order chi connectivity index (χ1) is 11.4. The van der Waals surface area contributed by atoms with Crippen LogP contribution in [0.1, 0.15) is 11.4 Å². The van der Waals surface area contributed by atoms with Crippen molar-refractivity contribution in [1.82, 2.24) is 9.78 Å². The van der Waals surface area contributed by atoms with Crippen molar-refractivity contribution in [1.29, 1.82) is 0 Å². The number of ether oxygens (including phenoxy) is 1. The molecule has 0 fully saturated rings. The van der Waals surface area contributed by atoms with Gasteiger partial charge in [0.2, 0.25) is 0 Å². The van der Waals surface area contributed by atoms with Gasteiger partial charge < -0.3 is 9.84 Å². The fourth-order valence-corrected chi connectivity index (χ4v) is 3.10. The Morgan fingerprint density at radius 3 is 2.62 bits per heavy atom. The molecular formula is C18H18BrClN2O2. The second-order valence-electron chi connectivity index (χ2n) is 5.79. The van der Waals surface area contributed by atoms with Crippen molar-refractivity contribution in [2.24, 2.45) is 0 Å². The predicted molar refractivity (Wildman–Crippen MR) is 99.9 cm³/mol. The van der Waals surface area contributed by atoms with Gasteiger partial charge in [0, 0.05) is 4.47 Å². The van der Waals surface area contributed by atoms with Gasteiger partial charge in [-0.1, -0.05) is 39.7 Å². The third-order valence-electron chi connectivity index (χ3n) is 3.89. The Bertz CT molecular complexity index is 879. The maximum Gasteiger partial charge on any atom is 0.120 e. The third-order valence-corrected chi connectivity index (χ3v) is 4.93. The molecule has 1 aromatic heterocycles. The van der Waals surface area contributed by atoms with Crippen LogP contribution in [0.15, 0.2) is 40.9 Å². The molecule has 0 aliphatic carbocycles. The smallest absolute Gasteiger partial charge is 0.120 e. The van der Waals surface area contributed by atoms with E-state index >= 15 is 0 Å². The molecule has 0 saturated heterocycles. The summed E-state index contributed by atoms with van der Waals surface area (Å²) >= 11 is 9.58. The molecule has 1 atom stereocenters. The van der Waals surface area contributed by atoms with Crippen LogP contribution in [0.3, 0.4) is 0 Å². The SMILES string of the molecule is Cc1nn(C[C@@H](O)COc2ccc3cc(Br)ccc3c2)c(C)c1Cl. The number of benzene rings is 2. The van der Waals surface area contributed by atoms with E-state index in [1.807, 2.05) is 44.2 Å². The second-order valence-corrected chi connectivity index (χ2v) is 7.08. The molecule has 4 nitrogen and oxygen atoms in total. The van der Waals surface area contributed by atoms with Crippen molar-refractivity contribution in [2.45, 2.75) is 26.5 Å². The third kappa shape index (κ3) is 3.74. The minimum atomic E-state index is -0.667. The van der Waals surface area contributed by atoms with Crippen molar-refractivity contribution in [3.63, 3.8) is 0 Å². The van der Waals surface area contributed by atoms with E-state index in [1.54, 1.807) is 4.68 Å². The van der Waals surface area contributed by atoms with Crippen molar-refractivity contribution in [2.75, 3.05) is 6.61 Å². The number of aromatic nitrogens is 2. The molecule has 1 N–H and O–H groups in total. The first kappa shape index (κ1) is 17.3. The van der Waals surface area contributed by atoms with Crippen LogP contribution >= 0.6 is 27.5 Å². The summed E-state index contributed by atoms with van der Waals surface area (Å²) < 4.78 is 8.48. The highest BCUT2D eigenvalue weighted by atomic mass is 79.9. The largest absolute Gasteiger partial charge is 0.491 e. The van der Waals surface area contributed by atoms with Gasteiger partial charge >= 0.3 is 0 Å². The molecule has 0 amide bonds. The molecule has 3 aromatic rings. The average Bonchev–Trinajstić information content (AvgIpc) is 2.80. The van der Waals surface area contributed by atoms with Crippen LogP contribution in [-0.4, -0.2) is 27.6 Å². The molecule has 1 heterocycles. The summed E-state index contributed by atoms with van der Waals surface area (Å²) in [5, 5.41) is 17.4. The number of hydrogen-bond acceptors (Lipinski definition) is 3. The quantitative estimate of drug-likeness (QED) is 0.674. The van der Waals surface area contributed by atoms with Gasteiger partial charge in [0.25, 0.3) is 0 Å². The van der Waals surface area contributed by atoms with E-state index in [9.17, 15) is 5.11 Å². The van der Waals surface area contributed by atoms with Crippen LogP contribution in [0.4, 0.5) is 0 Å². The summed E-state index contributed by atoms with van der Waals surface area (Å²) in [7, 11) is 0. The first-order valence-electron chi connectivity index (χ1n) is 7.63. The lowest BCUT2D eigenvalue weighted by molar-refractivity contribution is 0.0888. The Morgan fingerprint density at radius 2 is 1.92 bits per heavy atom. The fraction of sp³-hybridized carbons (Fsp3) is 0.278. The molecule has 0 spiro atoms. The Morgan fingerprint density at radius 1 is 1.21 bits per heavy atom. The number of fused-ring (bicyclic) bond motifs is 1. The van der Waals surface area contributed by atoms with Gasteiger partial charge in [0.1, 0.15) is 18.5 Å². The molecule has 0 aliphatic rings. The van der Waals surface area contributed by atoms with E-state index in [1.165, 1.54) is 0 Å². The number of aliphatic hydroxyl groups excluding tert-OH is 1. The fourth-order valence-electron chi connectivity index (χ4n) is 2.58. The van der Waals surface area contributed by atoms with Gasteiger partial charge in [-0.25, -0.2) is 0 Å². The van der Waals surface area contributed by atoms with Crippen LogP contribution in [-0.2, 0) is 6.54 Å². The number of aliphatic hydroxyl groups is 1. The molecule has 3 rings (SSSR count). The van der Waals surface area contributed by atoms with Gasteiger partial charge in [0.05, 0.1) is 23.0 Å². The van der Waals surface area contributed by atoms with Crippen molar-refractivity contribution >= 4 is 38.3 Å². The summed E-state index contributed by atoms with van der Waals surface area (Å²) in [5.74, 6) is 0.732. The molecule has 126 valence electrons. The summed E-state index contributed by atoms with van der Waals surface area (Å²) in [6, 6.07) is 12.0. The number of hydrogen-bond donors (Lipinski definition) is 1. The van der Waals surface area contributed by atoms with E-state index in [4.69, 9.17) is 16.3 Å². The number of rotatable bonds is 5. The van der Waals surface area contributed by atoms with Gasteiger partial charge in [-0.15, -0.1) is 0 Å². The minimum absolute atomic E-state index is 0.192. The van der Waals surface area contributed by atoms with Crippen molar-refractivity contribution < 1.29 is 9.84 Å². The van der Waals surface area contributed by atoms with E-state index in [0.717, 1.165) is 32.4 Å². The van der Waals surface area contributed by atoms with Gasteiger partial charge in [-0.2, -0.15) is 5.10 Å². The minimum Gasteiger partial charge on any atom is -0.491 e. The lowest BCUT2D eigenvalue weighted by atomic mass is 10.1. The Balaban J connectivity index is 1.64. The van der Waals surface area contributed by atoms with Crippen LogP contribution < -0.4 is 4.74 Å². The Labute approximate surface area is 154 Å². The van der Waals surface area contributed by atoms with Crippen LogP contribution in [0.2, 0.25) is 5.02 Å².